The lowest BCUT2D eigenvalue weighted by Gasteiger charge is -2.32. The quantitative estimate of drug-likeness (QED) is 0.0555. The van der Waals surface area contributed by atoms with Crippen LogP contribution in [0, 0.1) is 40.7 Å². The molecule has 0 saturated carbocycles. The van der Waals surface area contributed by atoms with Gasteiger partial charge in [-0.05, 0) is 107 Å². The molecule has 3 aliphatic rings. The van der Waals surface area contributed by atoms with Gasteiger partial charge in [0.2, 0.25) is 5.91 Å². The highest BCUT2D eigenvalue weighted by atomic mass is 127. The maximum Gasteiger partial charge on any atom is 0.496 e. The summed E-state index contributed by atoms with van der Waals surface area (Å²) < 4.78 is 82.6. The third kappa shape index (κ3) is 15.1. The fourth-order valence-electron chi connectivity index (χ4n) is 10.9. The lowest BCUT2D eigenvalue weighted by Crippen LogP contribution is -2.41. The van der Waals surface area contributed by atoms with Gasteiger partial charge in [0.15, 0.2) is 0 Å². The number of benzene rings is 2. The molecule has 0 aliphatic carbocycles. The molecule has 482 valence electrons. The van der Waals surface area contributed by atoms with Crippen LogP contribution in [0.3, 0.4) is 0 Å². The summed E-state index contributed by atoms with van der Waals surface area (Å²) in [7, 11) is -0.427. The van der Waals surface area contributed by atoms with Crippen molar-refractivity contribution < 1.29 is 45.9 Å². The minimum absolute atomic E-state index is 0.0244. The van der Waals surface area contributed by atoms with Crippen molar-refractivity contribution in [2.24, 2.45) is 0 Å². The van der Waals surface area contributed by atoms with Crippen LogP contribution in [0.4, 0.5) is 57.8 Å². The first-order valence-electron chi connectivity index (χ1n) is 30.4. The van der Waals surface area contributed by atoms with E-state index in [0.29, 0.717) is 102 Å². The molecule has 0 atom stereocenters. The average molecular weight is 1390 g/mol. The predicted octanol–water partition coefficient (Wildman–Crippen LogP) is 12.9. The molecule has 0 bridgehead atoms. The number of ether oxygens (including phenoxy) is 2. The molecule has 13 rings (SSSR count). The smallest absolute Gasteiger partial charge is 0.399 e. The molecule has 3 N–H and O–H groups in total. The number of morpholine rings is 2. The highest BCUT2D eigenvalue weighted by Crippen LogP contribution is 2.42. The number of halogens is 5. The van der Waals surface area contributed by atoms with Gasteiger partial charge in [0, 0.05) is 147 Å². The molecular formula is C69H67BF4IN13O6. The van der Waals surface area contributed by atoms with Crippen molar-refractivity contribution >= 4 is 109 Å². The van der Waals surface area contributed by atoms with Crippen LogP contribution in [-0.2, 0) is 34.8 Å². The zero-order valence-electron chi connectivity index (χ0n) is 53.0. The summed E-state index contributed by atoms with van der Waals surface area (Å²) in [5, 5.41) is 9.89. The van der Waals surface area contributed by atoms with Gasteiger partial charge in [-0.2, -0.15) is 0 Å². The monoisotopic (exact) mass is 1390 g/mol. The Morgan fingerprint density at radius 2 is 1.12 bits per heavy atom. The van der Waals surface area contributed by atoms with Crippen LogP contribution >= 0.6 is 22.6 Å². The summed E-state index contributed by atoms with van der Waals surface area (Å²) in [6.45, 7) is 20.0. The molecule has 1 amide bonds. The Kier molecular flexibility index (Phi) is 20.2. The fraction of sp³-hybridized carbons (Fsp3) is 0.275. The number of ketones is 1. The number of fused-ring (bicyclic) bond motifs is 2. The molecule has 2 aromatic carbocycles. The van der Waals surface area contributed by atoms with E-state index in [1.807, 2.05) is 102 Å². The van der Waals surface area contributed by atoms with E-state index >= 15 is 8.78 Å². The van der Waals surface area contributed by atoms with Gasteiger partial charge in [0.25, 0.3) is 0 Å². The minimum atomic E-state index is -0.727. The third-order valence-electron chi connectivity index (χ3n) is 16.4. The van der Waals surface area contributed by atoms with E-state index < -0.39 is 30.4 Å². The van der Waals surface area contributed by atoms with Crippen LogP contribution in [0.1, 0.15) is 58.4 Å². The number of hydrogen-bond acceptors (Lipinski definition) is 18. The third-order valence-corrected chi connectivity index (χ3v) is 17.3. The van der Waals surface area contributed by atoms with Crippen molar-refractivity contribution in [3.63, 3.8) is 0 Å². The first-order chi connectivity index (χ1) is 45.1. The molecule has 19 nitrogen and oxygen atoms in total. The largest absolute Gasteiger partial charge is 0.496 e. The lowest BCUT2D eigenvalue weighted by molar-refractivity contribution is -0.116. The van der Waals surface area contributed by atoms with E-state index in [0.717, 1.165) is 62.7 Å². The van der Waals surface area contributed by atoms with Gasteiger partial charge >= 0.3 is 7.12 Å². The van der Waals surface area contributed by atoms with Crippen LogP contribution in [-0.4, -0.2) is 122 Å². The predicted molar refractivity (Wildman–Crippen MR) is 365 cm³/mol. The summed E-state index contributed by atoms with van der Waals surface area (Å²) in [6, 6.07) is 26.3. The van der Waals surface area contributed by atoms with Gasteiger partial charge in [-0.15, -0.1) is 0 Å². The second-order valence-electron chi connectivity index (χ2n) is 23.6. The van der Waals surface area contributed by atoms with Gasteiger partial charge in [-0.1, -0.05) is 24.3 Å². The molecule has 10 aromatic rings. The van der Waals surface area contributed by atoms with E-state index in [4.69, 9.17) is 23.8 Å². The molecule has 8 aromatic heterocycles. The number of pyridine rings is 8. The lowest BCUT2D eigenvalue weighted by atomic mass is 9.80. The maximum atomic E-state index is 15.5. The number of carbonyl (C=O) groups excluding carboxylic acids is 2. The van der Waals surface area contributed by atoms with Crippen LogP contribution in [0.2, 0.25) is 0 Å². The Labute approximate surface area is 554 Å². The highest BCUT2D eigenvalue weighted by molar-refractivity contribution is 14.1. The van der Waals surface area contributed by atoms with Gasteiger partial charge in [-0.3, -0.25) is 24.5 Å². The maximum absolute atomic E-state index is 15.5. The van der Waals surface area contributed by atoms with Crippen molar-refractivity contribution in [1.82, 2.24) is 39.9 Å². The van der Waals surface area contributed by atoms with E-state index in [2.05, 4.69) is 83.2 Å². The number of hydrogen-bond donors (Lipinski definition) is 3. The van der Waals surface area contributed by atoms with Crippen molar-refractivity contribution in [2.45, 2.75) is 73.0 Å². The number of anilines is 7. The number of nitrogens with zero attached hydrogens (tertiary/aromatic N) is 10. The standard InChI is InChI=1S/C32H28F2N6O2.C24H20F2IN5O.C13H19BN2O3/c1-19(41)13-23-7-6-21(17-36-23)24-18-37-29(40-9-11-42-12-10-40)16-27(24)38-32-20(2)31(26-5-3-4-8-35-26)39-28-15-22(33)14-25(34)30(28)32;1-14-23(18-4-2-3-5-28-18)31-20-11-15(25)10-16(26)22(20)24(14)30-19-12-21(29-13-17(19)27)32-6-8-33-9-7-32;1-9(17)16-11-7-6-10(8-15-11)14-18-12(2,3)13(4,5)19-14/h3-8,14-18H,9-13H2,1-2H3,(H,37,38,39);2-5,10-13H,6-9H2,1H3,(H,29,30,31);6-8H,1-5H3,(H,15,16,17). The van der Waals surface area contributed by atoms with Gasteiger partial charge in [0.05, 0.1) is 109 Å². The average Bonchev–Trinajstić information content (AvgIpc) is 1.04. The summed E-state index contributed by atoms with van der Waals surface area (Å²) in [5.41, 5.74) is 8.69. The molecule has 0 unspecified atom stereocenters. The van der Waals surface area contributed by atoms with Crippen molar-refractivity contribution in [2.75, 3.05) is 78.4 Å². The van der Waals surface area contributed by atoms with E-state index in [9.17, 15) is 18.4 Å². The van der Waals surface area contributed by atoms with Crippen LogP contribution < -0.4 is 31.2 Å². The second kappa shape index (κ2) is 28.6. The first-order valence-corrected chi connectivity index (χ1v) is 31.5. The van der Waals surface area contributed by atoms with E-state index in [1.54, 1.807) is 49.3 Å². The number of carbonyl (C=O) groups is 2. The zero-order chi connectivity index (χ0) is 66.4. The van der Waals surface area contributed by atoms with Crippen molar-refractivity contribution in [3.05, 3.63) is 178 Å². The Hall–Kier alpha value is -9.15. The Bertz CT molecular complexity index is 4410. The first kappa shape index (κ1) is 66.3. The van der Waals surface area contributed by atoms with Crippen molar-refractivity contribution in [3.8, 4) is 33.9 Å². The highest BCUT2D eigenvalue weighted by Gasteiger charge is 2.52. The summed E-state index contributed by atoms with van der Waals surface area (Å²) >= 11 is 2.19. The molecule has 3 aliphatic heterocycles. The topological polar surface area (TPSA) is 217 Å². The normalized spacial score (nSPS) is 15.0. The SMILES string of the molecule is CC(=O)Cc1ccc(-c2cnc(N3CCOCC3)cc2Nc2c(C)c(-c3ccccn3)nc3cc(F)cc(F)c23)cn1.CC(=O)Nc1ccc(B2OC(C)(C)C(C)(C)O2)cn1.Cc1c(-c2ccccn2)nc2cc(F)cc(F)c2c1Nc1cc(N2CCOCC2)ncc1I. The number of rotatable bonds is 13. The molecule has 0 spiro atoms. The summed E-state index contributed by atoms with van der Waals surface area (Å²) in [6.07, 6.45) is 10.5. The minimum Gasteiger partial charge on any atom is -0.399 e. The molecule has 3 saturated heterocycles. The molecule has 25 heteroatoms. The molecule has 3 fully saturated rings. The van der Waals surface area contributed by atoms with Gasteiger partial charge in [0.1, 0.15) is 46.5 Å². The molecule has 94 heavy (non-hydrogen) atoms. The summed E-state index contributed by atoms with van der Waals surface area (Å²) in [5.74, 6) is -0.845. The van der Waals surface area contributed by atoms with E-state index in [1.165, 1.54) is 26.0 Å². The summed E-state index contributed by atoms with van der Waals surface area (Å²) in [4.78, 5) is 62.7. The molecular weight excluding hydrogens is 1320 g/mol. The van der Waals surface area contributed by atoms with Crippen LogP contribution in [0.5, 0.6) is 0 Å². The van der Waals surface area contributed by atoms with Gasteiger partial charge < -0.3 is 44.5 Å². The number of Topliss-reactive ketones (excluding diaryl/α,β-unsaturated/α-hetero) is 1. The van der Waals surface area contributed by atoms with Crippen molar-refractivity contribution in [1.29, 1.82) is 0 Å². The number of nitrogens with one attached hydrogen (secondary N) is 3. The second-order valence-corrected chi connectivity index (χ2v) is 24.8. The van der Waals surface area contributed by atoms with Crippen LogP contribution in [0.15, 0.2) is 134 Å². The van der Waals surface area contributed by atoms with E-state index in [-0.39, 0.29) is 51.1 Å². The fourth-order valence-corrected chi connectivity index (χ4v) is 11.3. The number of aromatic nitrogens is 8. The molecule has 11 heterocycles. The van der Waals surface area contributed by atoms with Gasteiger partial charge in [-0.25, -0.2) is 42.5 Å². The zero-order valence-corrected chi connectivity index (χ0v) is 55.1. The molecule has 0 radical (unpaired) electrons. The number of amides is 1. The van der Waals surface area contributed by atoms with Crippen LogP contribution in [0.25, 0.3) is 55.7 Å². The Balaban J connectivity index is 0.000000154. The Morgan fingerprint density at radius 1 is 0.596 bits per heavy atom. The Morgan fingerprint density at radius 3 is 1.59 bits per heavy atom.